The van der Waals surface area contributed by atoms with Crippen LogP contribution < -0.4 is 4.90 Å². The lowest BCUT2D eigenvalue weighted by Gasteiger charge is -2.17. The van der Waals surface area contributed by atoms with E-state index in [0.717, 1.165) is 24.2 Å². The van der Waals surface area contributed by atoms with Gasteiger partial charge in [0.05, 0.1) is 12.4 Å². The van der Waals surface area contributed by atoms with E-state index >= 15 is 0 Å². The van der Waals surface area contributed by atoms with E-state index in [-0.39, 0.29) is 0 Å². The second-order valence-corrected chi connectivity index (χ2v) is 4.44. The van der Waals surface area contributed by atoms with Crippen LogP contribution in [0, 0.1) is 11.8 Å². The normalized spacial score (nSPS) is 24.8. The SMILES string of the molecule is CC1CC1CN(C)c1cncc(Cl)n1. The van der Waals surface area contributed by atoms with Crippen molar-refractivity contribution in [2.75, 3.05) is 18.5 Å². The van der Waals surface area contributed by atoms with Crippen molar-refractivity contribution in [1.29, 1.82) is 0 Å². The highest BCUT2D eigenvalue weighted by atomic mass is 35.5. The highest BCUT2D eigenvalue weighted by Gasteiger charge is 2.33. The molecule has 1 saturated carbocycles. The molecule has 1 aromatic heterocycles. The number of nitrogens with zero attached hydrogens (tertiary/aromatic N) is 3. The van der Waals surface area contributed by atoms with Crippen molar-refractivity contribution < 1.29 is 0 Å². The molecule has 14 heavy (non-hydrogen) atoms. The minimum Gasteiger partial charge on any atom is -0.358 e. The molecule has 0 aromatic carbocycles. The Morgan fingerprint density at radius 1 is 1.57 bits per heavy atom. The van der Waals surface area contributed by atoms with Crippen molar-refractivity contribution >= 4 is 17.4 Å². The maximum absolute atomic E-state index is 5.77. The summed E-state index contributed by atoms with van der Waals surface area (Å²) in [5.74, 6) is 2.54. The van der Waals surface area contributed by atoms with Crippen molar-refractivity contribution in [3.05, 3.63) is 17.5 Å². The second kappa shape index (κ2) is 3.73. The lowest BCUT2D eigenvalue weighted by Crippen LogP contribution is -2.21. The fraction of sp³-hybridized carbons (Fsp3) is 0.600. The molecule has 4 heteroatoms. The Kier molecular flexibility index (Phi) is 2.59. The molecule has 0 radical (unpaired) electrons. The third-order valence-electron chi connectivity index (χ3n) is 2.77. The summed E-state index contributed by atoms with van der Waals surface area (Å²) in [6.07, 6.45) is 4.63. The molecular weight excluding hydrogens is 198 g/mol. The quantitative estimate of drug-likeness (QED) is 0.768. The monoisotopic (exact) mass is 211 g/mol. The summed E-state index contributed by atoms with van der Waals surface area (Å²) in [5, 5.41) is 0.457. The van der Waals surface area contributed by atoms with Gasteiger partial charge in [0.25, 0.3) is 0 Å². The highest BCUT2D eigenvalue weighted by Crippen LogP contribution is 2.38. The van der Waals surface area contributed by atoms with E-state index in [9.17, 15) is 0 Å². The first kappa shape index (κ1) is 9.71. The van der Waals surface area contributed by atoms with Crippen molar-refractivity contribution in [1.82, 2.24) is 9.97 Å². The smallest absolute Gasteiger partial charge is 0.149 e. The maximum atomic E-state index is 5.77. The number of aromatic nitrogens is 2. The van der Waals surface area contributed by atoms with E-state index in [4.69, 9.17) is 11.6 Å². The second-order valence-electron chi connectivity index (χ2n) is 4.05. The molecule has 2 rings (SSSR count). The van der Waals surface area contributed by atoms with Crippen molar-refractivity contribution in [3.8, 4) is 0 Å². The van der Waals surface area contributed by atoms with Gasteiger partial charge >= 0.3 is 0 Å². The average Bonchev–Trinajstić information content (AvgIpc) is 2.81. The van der Waals surface area contributed by atoms with E-state index in [1.807, 2.05) is 7.05 Å². The van der Waals surface area contributed by atoms with Gasteiger partial charge in [-0.2, -0.15) is 0 Å². The van der Waals surface area contributed by atoms with E-state index in [0.29, 0.717) is 5.15 Å². The largest absolute Gasteiger partial charge is 0.358 e. The average molecular weight is 212 g/mol. The Bertz CT molecular complexity index is 329. The third kappa shape index (κ3) is 2.15. The Morgan fingerprint density at radius 2 is 2.29 bits per heavy atom. The summed E-state index contributed by atoms with van der Waals surface area (Å²) in [5.41, 5.74) is 0. The van der Waals surface area contributed by atoms with Crippen molar-refractivity contribution in [2.45, 2.75) is 13.3 Å². The van der Waals surface area contributed by atoms with Gasteiger partial charge in [0, 0.05) is 13.6 Å². The molecule has 0 amide bonds. The topological polar surface area (TPSA) is 29.0 Å². The number of rotatable bonds is 3. The molecule has 1 heterocycles. The molecule has 3 nitrogen and oxygen atoms in total. The Labute approximate surface area is 89.1 Å². The number of hydrogen-bond donors (Lipinski definition) is 0. The molecule has 1 aliphatic rings. The number of hydrogen-bond acceptors (Lipinski definition) is 3. The molecule has 0 spiro atoms. The van der Waals surface area contributed by atoms with Gasteiger partial charge in [0.1, 0.15) is 11.0 Å². The summed E-state index contributed by atoms with van der Waals surface area (Å²) >= 11 is 5.77. The molecule has 1 fully saturated rings. The highest BCUT2D eigenvalue weighted by molar-refractivity contribution is 6.29. The number of halogens is 1. The number of anilines is 1. The van der Waals surface area contributed by atoms with Crippen LogP contribution in [0.25, 0.3) is 0 Å². The summed E-state index contributed by atoms with van der Waals surface area (Å²) < 4.78 is 0. The predicted octanol–water partition coefficient (Wildman–Crippen LogP) is 2.22. The molecule has 1 aromatic rings. The summed E-state index contributed by atoms with van der Waals surface area (Å²) in [6.45, 7) is 3.33. The van der Waals surface area contributed by atoms with Crippen LogP contribution in [0.15, 0.2) is 12.4 Å². The molecule has 0 aliphatic heterocycles. The van der Waals surface area contributed by atoms with Gasteiger partial charge in [0.2, 0.25) is 0 Å². The summed E-state index contributed by atoms with van der Waals surface area (Å²) in [4.78, 5) is 10.3. The van der Waals surface area contributed by atoms with Crippen molar-refractivity contribution in [2.24, 2.45) is 11.8 Å². The van der Waals surface area contributed by atoms with Gasteiger partial charge in [-0.3, -0.25) is 4.98 Å². The Morgan fingerprint density at radius 3 is 2.86 bits per heavy atom. The van der Waals surface area contributed by atoms with Gasteiger partial charge in [-0.25, -0.2) is 4.98 Å². The van der Waals surface area contributed by atoms with Crippen LogP contribution in [0.1, 0.15) is 13.3 Å². The first-order valence-electron chi connectivity index (χ1n) is 4.85. The standard InChI is InChI=1S/C10H14ClN3/c1-7-3-8(7)6-14(2)10-5-12-4-9(11)13-10/h4-5,7-8H,3,6H2,1-2H3. The molecule has 0 N–H and O–H groups in total. The Balaban J connectivity index is 2.00. The molecule has 0 saturated heterocycles. The lowest BCUT2D eigenvalue weighted by atomic mass is 10.3. The zero-order chi connectivity index (χ0) is 10.1. The van der Waals surface area contributed by atoms with Crippen LogP contribution >= 0.6 is 11.6 Å². The van der Waals surface area contributed by atoms with Gasteiger partial charge in [0.15, 0.2) is 0 Å². The predicted molar refractivity (Wildman–Crippen MR) is 57.6 cm³/mol. The molecule has 2 unspecified atom stereocenters. The molecule has 1 aliphatic carbocycles. The van der Waals surface area contributed by atoms with Gasteiger partial charge in [-0.05, 0) is 18.3 Å². The van der Waals surface area contributed by atoms with Crippen LogP contribution in [0.4, 0.5) is 5.82 Å². The van der Waals surface area contributed by atoms with Crippen LogP contribution in [0.2, 0.25) is 5.15 Å². The van der Waals surface area contributed by atoms with Crippen LogP contribution in [0.3, 0.4) is 0 Å². The summed E-state index contributed by atoms with van der Waals surface area (Å²) in [6, 6.07) is 0. The lowest BCUT2D eigenvalue weighted by molar-refractivity contribution is 0.718. The molecule has 2 atom stereocenters. The maximum Gasteiger partial charge on any atom is 0.149 e. The fourth-order valence-corrected chi connectivity index (χ4v) is 1.76. The fourth-order valence-electron chi connectivity index (χ4n) is 1.62. The minimum absolute atomic E-state index is 0.457. The van der Waals surface area contributed by atoms with Gasteiger partial charge < -0.3 is 4.90 Å². The van der Waals surface area contributed by atoms with Crippen LogP contribution in [-0.2, 0) is 0 Å². The third-order valence-corrected chi connectivity index (χ3v) is 2.95. The van der Waals surface area contributed by atoms with E-state index in [1.165, 1.54) is 6.42 Å². The molecular formula is C10H14ClN3. The zero-order valence-electron chi connectivity index (χ0n) is 8.44. The first-order chi connectivity index (χ1) is 6.66. The minimum atomic E-state index is 0.457. The van der Waals surface area contributed by atoms with Crippen LogP contribution in [-0.4, -0.2) is 23.6 Å². The molecule has 0 bridgehead atoms. The van der Waals surface area contributed by atoms with Gasteiger partial charge in [-0.1, -0.05) is 18.5 Å². The van der Waals surface area contributed by atoms with Crippen molar-refractivity contribution in [3.63, 3.8) is 0 Å². The van der Waals surface area contributed by atoms with E-state index in [2.05, 4.69) is 21.8 Å². The van der Waals surface area contributed by atoms with Crippen LogP contribution in [0.5, 0.6) is 0 Å². The van der Waals surface area contributed by atoms with E-state index in [1.54, 1.807) is 12.4 Å². The Hall–Kier alpha value is -0.830. The summed E-state index contributed by atoms with van der Waals surface area (Å²) in [7, 11) is 2.03. The first-order valence-corrected chi connectivity index (χ1v) is 5.23. The van der Waals surface area contributed by atoms with Gasteiger partial charge in [-0.15, -0.1) is 0 Å². The molecule has 76 valence electrons. The van der Waals surface area contributed by atoms with E-state index < -0.39 is 0 Å². The zero-order valence-corrected chi connectivity index (χ0v) is 9.20.